The molecule has 1 rings (SSSR count). The Kier molecular flexibility index (Phi) is 3.90. The molecule has 0 aliphatic carbocycles. The van der Waals surface area contributed by atoms with E-state index in [1.54, 1.807) is 18.2 Å². The van der Waals surface area contributed by atoms with Crippen LogP contribution in [0.5, 0.6) is 0 Å². The molecular weight excluding hydrogens is 263 g/mol. The maximum absolute atomic E-state index is 11.6. The van der Waals surface area contributed by atoms with Crippen LogP contribution in [-0.4, -0.2) is 5.78 Å². The average Bonchev–Trinajstić information content (AvgIpc) is 2.00. The van der Waals surface area contributed by atoms with Crippen LogP contribution in [0, 0.1) is 0 Å². The van der Waals surface area contributed by atoms with Crippen molar-refractivity contribution in [2.45, 2.75) is 13.3 Å². The first-order chi connectivity index (χ1) is 6.49. The molecule has 0 amide bonds. The van der Waals surface area contributed by atoms with Gasteiger partial charge in [0.2, 0.25) is 0 Å². The molecule has 0 saturated carbocycles. The van der Waals surface area contributed by atoms with Crippen LogP contribution in [0.3, 0.4) is 0 Å². The van der Waals surface area contributed by atoms with Gasteiger partial charge in [-0.2, -0.15) is 0 Å². The summed E-state index contributed by atoms with van der Waals surface area (Å²) in [5, 5.41) is 0.560. The molecule has 0 aliphatic rings. The van der Waals surface area contributed by atoms with E-state index in [-0.39, 0.29) is 5.78 Å². The molecule has 1 nitrogen and oxygen atoms in total. The van der Waals surface area contributed by atoms with Gasteiger partial charge in [-0.3, -0.25) is 4.79 Å². The number of rotatable bonds is 3. The molecule has 0 saturated heterocycles. The second-order valence-corrected chi connectivity index (χ2v) is 4.57. The van der Waals surface area contributed by atoms with Gasteiger partial charge in [-0.25, -0.2) is 0 Å². The smallest absolute Gasteiger partial charge is 0.166 e. The summed E-state index contributed by atoms with van der Waals surface area (Å²) in [6, 6.07) is 5.17. The fourth-order valence-corrected chi connectivity index (χ4v) is 1.95. The second kappa shape index (κ2) is 4.76. The van der Waals surface area contributed by atoms with Crippen LogP contribution in [-0.2, 0) is 0 Å². The summed E-state index contributed by atoms with van der Waals surface area (Å²) in [6.45, 7) is 5.53. The molecule has 0 N–H and O–H groups in total. The zero-order chi connectivity index (χ0) is 10.7. The van der Waals surface area contributed by atoms with Crippen molar-refractivity contribution >= 4 is 33.3 Å². The molecule has 0 aromatic heterocycles. The fourth-order valence-electron chi connectivity index (χ4n) is 1.09. The largest absolute Gasteiger partial charge is 0.294 e. The number of hydrogen-bond donors (Lipinski definition) is 0. The number of carbonyl (C=O) groups is 1. The third-order valence-electron chi connectivity index (χ3n) is 1.65. The lowest BCUT2D eigenvalue weighted by Crippen LogP contribution is -1.99. The highest BCUT2D eigenvalue weighted by molar-refractivity contribution is 9.10. The van der Waals surface area contributed by atoms with E-state index in [1.807, 2.05) is 6.92 Å². The van der Waals surface area contributed by atoms with Crippen molar-refractivity contribution in [1.82, 2.24) is 0 Å². The first kappa shape index (κ1) is 11.5. The number of benzene rings is 1. The summed E-state index contributed by atoms with van der Waals surface area (Å²) in [5.74, 6) is 0.0423. The first-order valence-corrected chi connectivity index (χ1v) is 5.30. The normalized spacial score (nSPS) is 9.93. The molecule has 0 fully saturated rings. The zero-order valence-corrected chi connectivity index (χ0v) is 10.2. The highest BCUT2D eigenvalue weighted by Gasteiger charge is 2.07. The van der Waals surface area contributed by atoms with Gasteiger partial charge in [0.25, 0.3) is 0 Å². The topological polar surface area (TPSA) is 17.1 Å². The van der Waals surface area contributed by atoms with Crippen LogP contribution in [0.2, 0.25) is 5.02 Å². The molecule has 1 aromatic carbocycles. The number of ketones is 1. The second-order valence-electron chi connectivity index (χ2n) is 3.22. The lowest BCUT2D eigenvalue weighted by atomic mass is 10.1. The first-order valence-electron chi connectivity index (χ1n) is 4.12. The molecule has 1 aromatic rings. The van der Waals surface area contributed by atoms with E-state index in [0.29, 0.717) is 17.0 Å². The van der Waals surface area contributed by atoms with Gasteiger partial charge in [-0.05, 0) is 25.1 Å². The summed E-state index contributed by atoms with van der Waals surface area (Å²) in [4.78, 5) is 11.6. The van der Waals surface area contributed by atoms with Crippen molar-refractivity contribution in [3.8, 4) is 0 Å². The van der Waals surface area contributed by atoms with Crippen LogP contribution in [0.4, 0.5) is 0 Å². The van der Waals surface area contributed by atoms with Gasteiger partial charge in [-0.1, -0.05) is 39.7 Å². The SMILES string of the molecule is C=C(C)CC(=O)c1cc(Cl)cc(Br)c1. The highest BCUT2D eigenvalue weighted by atomic mass is 79.9. The van der Waals surface area contributed by atoms with Crippen LogP contribution >= 0.6 is 27.5 Å². The van der Waals surface area contributed by atoms with E-state index >= 15 is 0 Å². The monoisotopic (exact) mass is 272 g/mol. The highest BCUT2D eigenvalue weighted by Crippen LogP contribution is 2.21. The number of halogens is 2. The van der Waals surface area contributed by atoms with Gasteiger partial charge in [0.1, 0.15) is 0 Å². The lowest BCUT2D eigenvalue weighted by Gasteiger charge is -2.02. The maximum Gasteiger partial charge on any atom is 0.166 e. The summed E-state index contributed by atoms with van der Waals surface area (Å²) in [6.07, 6.45) is 0.368. The number of allylic oxidation sites excluding steroid dienone is 1. The van der Waals surface area contributed by atoms with Crippen molar-refractivity contribution in [2.24, 2.45) is 0 Å². The molecule has 0 spiro atoms. The number of hydrogen-bond acceptors (Lipinski definition) is 1. The summed E-state index contributed by atoms with van der Waals surface area (Å²) in [5.41, 5.74) is 1.47. The number of carbonyl (C=O) groups excluding carboxylic acids is 1. The van der Waals surface area contributed by atoms with Gasteiger partial charge >= 0.3 is 0 Å². The van der Waals surface area contributed by atoms with E-state index in [4.69, 9.17) is 11.6 Å². The minimum Gasteiger partial charge on any atom is -0.294 e. The van der Waals surface area contributed by atoms with Crippen molar-refractivity contribution in [1.29, 1.82) is 0 Å². The Labute approximate surface area is 96.9 Å². The molecule has 3 heteroatoms. The van der Waals surface area contributed by atoms with E-state index in [0.717, 1.165) is 10.0 Å². The van der Waals surface area contributed by atoms with E-state index in [1.165, 1.54) is 0 Å². The van der Waals surface area contributed by atoms with Gasteiger partial charge < -0.3 is 0 Å². The van der Waals surface area contributed by atoms with Crippen LogP contribution in [0.1, 0.15) is 23.7 Å². The standard InChI is InChI=1S/C11H10BrClO/c1-7(2)3-11(14)8-4-9(12)6-10(13)5-8/h4-6H,1,3H2,2H3. The molecule has 0 atom stereocenters. The minimum atomic E-state index is 0.0423. The van der Waals surface area contributed by atoms with E-state index < -0.39 is 0 Å². The van der Waals surface area contributed by atoms with Crippen LogP contribution < -0.4 is 0 Å². The zero-order valence-electron chi connectivity index (χ0n) is 7.81. The third-order valence-corrected chi connectivity index (χ3v) is 2.32. The van der Waals surface area contributed by atoms with E-state index in [2.05, 4.69) is 22.5 Å². The third kappa shape index (κ3) is 3.28. The van der Waals surface area contributed by atoms with Crippen LogP contribution in [0.25, 0.3) is 0 Å². The summed E-state index contributed by atoms with van der Waals surface area (Å²) < 4.78 is 0.815. The Morgan fingerprint density at radius 2 is 2.14 bits per heavy atom. The maximum atomic E-state index is 11.6. The fraction of sp³-hybridized carbons (Fsp3) is 0.182. The quantitative estimate of drug-likeness (QED) is 0.594. The van der Waals surface area contributed by atoms with Gasteiger partial charge in [0.15, 0.2) is 5.78 Å². The van der Waals surface area contributed by atoms with Gasteiger partial charge in [0.05, 0.1) is 0 Å². The van der Waals surface area contributed by atoms with Crippen LogP contribution in [0.15, 0.2) is 34.8 Å². The Morgan fingerprint density at radius 1 is 1.50 bits per heavy atom. The molecule has 0 aliphatic heterocycles. The molecule has 14 heavy (non-hydrogen) atoms. The van der Waals surface area contributed by atoms with Gasteiger partial charge in [-0.15, -0.1) is 0 Å². The van der Waals surface area contributed by atoms with Gasteiger partial charge in [0, 0.05) is 21.5 Å². The Hall–Kier alpha value is -0.600. The van der Waals surface area contributed by atoms with Crippen molar-refractivity contribution in [3.05, 3.63) is 45.4 Å². The Morgan fingerprint density at radius 3 is 2.64 bits per heavy atom. The molecule has 0 unspecified atom stereocenters. The molecule has 74 valence electrons. The average molecular weight is 274 g/mol. The molecular formula is C11H10BrClO. The minimum absolute atomic E-state index is 0.0423. The predicted octanol–water partition coefficient (Wildman–Crippen LogP) is 4.25. The Balaban J connectivity index is 2.95. The number of Topliss-reactive ketones (excluding diaryl/α,β-unsaturated/α-hetero) is 1. The predicted molar refractivity (Wildman–Crippen MR) is 62.9 cm³/mol. The molecule has 0 radical (unpaired) electrons. The molecule has 0 bridgehead atoms. The van der Waals surface area contributed by atoms with Crippen molar-refractivity contribution in [3.63, 3.8) is 0 Å². The Bertz CT molecular complexity index is 365. The summed E-state index contributed by atoms with van der Waals surface area (Å²) in [7, 11) is 0. The van der Waals surface area contributed by atoms with E-state index in [9.17, 15) is 4.79 Å². The van der Waals surface area contributed by atoms with Crippen molar-refractivity contribution < 1.29 is 4.79 Å². The summed E-state index contributed by atoms with van der Waals surface area (Å²) >= 11 is 9.11. The van der Waals surface area contributed by atoms with Crippen molar-refractivity contribution in [2.75, 3.05) is 0 Å². The molecule has 0 heterocycles. The lowest BCUT2D eigenvalue weighted by molar-refractivity contribution is 0.0993.